The van der Waals surface area contributed by atoms with Crippen LogP contribution >= 0.6 is 0 Å². The molecular weight excluding hydrogens is 200 g/mol. The fraction of sp³-hybridized carbons (Fsp3) is 0.833. The van der Waals surface area contributed by atoms with E-state index in [9.17, 15) is 0 Å². The number of nitrogens with one attached hydrogen (secondary N) is 1. The number of hydrogen-bond donors (Lipinski definition) is 1. The SMILES string of the molecule is CCCNC(CCc1cnnn1C)C1CC1. The third-order valence-corrected chi connectivity index (χ3v) is 3.37. The van der Waals surface area contributed by atoms with Crippen molar-refractivity contribution in [3.8, 4) is 0 Å². The van der Waals surface area contributed by atoms with Crippen molar-refractivity contribution < 1.29 is 0 Å². The first-order valence-corrected chi connectivity index (χ1v) is 6.38. The predicted molar refractivity (Wildman–Crippen MR) is 64.1 cm³/mol. The van der Waals surface area contributed by atoms with Crippen LogP contribution in [0.3, 0.4) is 0 Å². The van der Waals surface area contributed by atoms with Gasteiger partial charge in [0.1, 0.15) is 0 Å². The van der Waals surface area contributed by atoms with Gasteiger partial charge in [-0.15, -0.1) is 5.10 Å². The second-order valence-corrected chi connectivity index (χ2v) is 4.79. The van der Waals surface area contributed by atoms with Gasteiger partial charge in [0.15, 0.2) is 0 Å². The van der Waals surface area contributed by atoms with Crippen molar-refractivity contribution in [2.75, 3.05) is 6.54 Å². The van der Waals surface area contributed by atoms with E-state index in [2.05, 4.69) is 22.6 Å². The van der Waals surface area contributed by atoms with E-state index < -0.39 is 0 Å². The molecule has 2 rings (SSSR count). The molecule has 0 aliphatic heterocycles. The zero-order valence-corrected chi connectivity index (χ0v) is 10.3. The van der Waals surface area contributed by atoms with Crippen LogP contribution in [-0.4, -0.2) is 27.6 Å². The molecule has 16 heavy (non-hydrogen) atoms. The molecular formula is C12H22N4. The van der Waals surface area contributed by atoms with Crippen LogP contribution in [0.1, 0.15) is 38.3 Å². The van der Waals surface area contributed by atoms with Crippen molar-refractivity contribution in [2.45, 2.75) is 45.1 Å². The molecule has 4 heteroatoms. The predicted octanol–water partition coefficient (Wildman–Crippen LogP) is 1.53. The molecule has 4 nitrogen and oxygen atoms in total. The molecule has 1 aromatic rings. The summed E-state index contributed by atoms with van der Waals surface area (Å²) in [4.78, 5) is 0. The Hall–Kier alpha value is -0.900. The highest BCUT2D eigenvalue weighted by Crippen LogP contribution is 2.34. The van der Waals surface area contributed by atoms with E-state index in [1.54, 1.807) is 0 Å². The molecule has 1 heterocycles. The summed E-state index contributed by atoms with van der Waals surface area (Å²) in [6.45, 7) is 3.37. The Morgan fingerprint density at radius 1 is 1.56 bits per heavy atom. The Morgan fingerprint density at radius 3 is 2.94 bits per heavy atom. The van der Waals surface area contributed by atoms with E-state index in [1.165, 1.54) is 31.4 Å². The van der Waals surface area contributed by atoms with Crippen molar-refractivity contribution in [1.29, 1.82) is 0 Å². The lowest BCUT2D eigenvalue weighted by molar-refractivity contribution is 0.431. The maximum absolute atomic E-state index is 3.96. The van der Waals surface area contributed by atoms with Crippen LogP contribution in [0, 0.1) is 5.92 Å². The molecule has 1 unspecified atom stereocenters. The van der Waals surface area contributed by atoms with Crippen LogP contribution in [0.5, 0.6) is 0 Å². The van der Waals surface area contributed by atoms with E-state index in [1.807, 2.05) is 17.9 Å². The lowest BCUT2D eigenvalue weighted by Gasteiger charge is -2.17. The molecule has 0 radical (unpaired) electrons. The van der Waals surface area contributed by atoms with Gasteiger partial charge in [0.25, 0.3) is 0 Å². The quantitative estimate of drug-likeness (QED) is 0.760. The summed E-state index contributed by atoms with van der Waals surface area (Å²) < 4.78 is 1.88. The first kappa shape index (κ1) is 11.6. The zero-order valence-electron chi connectivity index (χ0n) is 10.3. The van der Waals surface area contributed by atoms with Crippen molar-refractivity contribution in [3.63, 3.8) is 0 Å². The molecule has 90 valence electrons. The molecule has 0 aromatic carbocycles. The van der Waals surface area contributed by atoms with E-state index in [0.717, 1.165) is 18.9 Å². The summed E-state index contributed by atoms with van der Waals surface area (Å²) in [7, 11) is 1.97. The van der Waals surface area contributed by atoms with E-state index in [-0.39, 0.29) is 0 Å². The number of rotatable bonds is 7. The lowest BCUT2D eigenvalue weighted by Crippen LogP contribution is -2.32. The van der Waals surface area contributed by atoms with Gasteiger partial charge in [0.05, 0.1) is 11.9 Å². The fourth-order valence-corrected chi connectivity index (χ4v) is 2.17. The molecule has 1 saturated carbocycles. The Balaban J connectivity index is 1.79. The fourth-order valence-electron chi connectivity index (χ4n) is 2.17. The van der Waals surface area contributed by atoms with Crippen molar-refractivity contribution in [1.82, 2.24) is 20.3 Å². The third-order valence-electron chi connectivity index (χ3n) is 3.37. The second kappa shape index (κ2) is 5.43. The highest BCUT2D eigenvalue weighted by Gasteiger charge is 2.30. The second-order valence-electron chi connectivity index (χ2n) is 4.79. The van der Waals surface area contributed by atoms with Gasteiger partial charge in [0.2, 0.25) is 0 Å². The maximum atomic E-state index is 3.96. The molecule has 0 bridgehead atoms. The number of hydrogen-bond acceptors (Lipinski definition) is 3. The van der Waals surface area contributed by atoms with Gasteiger partial charge in [-0.05, 0) is 44.6 Å². The molecule has 0 saturated heterocycles. The summed E-state index contributed by atoms with van der Waals surface area (Å²) in [5.74, 6) is 0.924. The summed E-state index contributed by atoms with van der Waals surface area (Å²) in [6.07, 6.45) is 8.21. The van der Waals surface area contributed by atoms with Gasteiger partial charge >= 0.3 is 0 Å². The van der Waals surface area contributed by atoms with Crippen LogP contribution in [0.2, 0.25) is 0 Å². The summed E-state index contributed by atoms with van der Waals surface area (Å²) in [5.41, 5.74) is 1.24. The van der Waals surface area contributed by atoms with Gasteiger partial charge in [0, 0.05) is 13.1 Å². The first-order valence-electron chi connectivity index (χ1n) is 6.38. The standard InChI is InChI=1S/C12H22N4/c1-3-8-13-12(10-4-5-10)7-6-11-9-14-15-16(11)2/h9-10,12-13H,3-8H2,1-2H3. The molecule has 1 atom stereocenters. The summed E-state index contributed by atoms with van der Waals surface area (Å²) in [6, 6.07) is 0.704. The smallest absolute Gasteiger partial charge is 0.0724 e. The van der Waals surface area contributed by atoms with Crippen molar-refractivity contribution >= 4 is 0 Å². The minimum Gasteiger partial charge on any atom is -0.314 e. The molecule has 1 fully saturated rings. The van der Waals surface area contributed by atoms with Gasteiger partial charge < -0.3 is 5.32 Å². The number of aromatic nitrogens is 3. The topological polar surface area (TPSA) is 42.7 Å². The van der Waals surface area contributed by atoms with Crippen LogP contribution < -0.4 is 5.32 Å². The maximum Gasteiger partial charge on any atom is 0.0724 e. The molecule has 1 N–H and O–H groups in total. The van der Waals surface area contributed by atoms with E-state index >= 15 is 0 Å². The minimum absolute atomic E-state index is 0.704. The van der Waals surface area contributed by atoms with Crippen LogP contribution in [-0.2, 0) is 13.5 Å². The van der Waals surface area contributed by atoms with Crippen LogP contribution in [0.4, 0.5) is 0 Å². The van der Waals surface area contributed by atoms with Gasteiger partial charge in [-0.2, -0.15) is 0 Å². The Kier molecular flexibility index (Phi) is 3.93. The Bertz CT molecular complexity index is 317. The number of nitrogens with zero attached hydrogens (tertiary/aromatic N) is 3. The van der Waals surface area contributed by atoms with E-state index in [0.29, 0.717) is 6.04 Å². The normalized spacial score (nSPS) is 17.6. The number of aryl methyl sites for hydroxylation is 2. The Labute approximate surface area is 97.4 Å². The summed E-state index contributed by atoms with van der Waals surface area (Å²) >= 11 is 0. The van der Waals surface area contributed by atoms with Gasteiger partial charge in [-0.25, -0.2) is 0 Å². The first-order chi connectivity index (χ1) is 7.81. The average Bonchev–Trinajstić information content (AvgIpc) is 3.04. The lowest BCUT2D eigenvalue weighted by atomic mass is 10.1. The molecule has 1 aromatic heterocycles. The van der Waals surface area contributed by atoms with Crippen molar-refractivity contribution in [3.05, 3.63) is 11.9 Å². The highest BCUT2D eigenvalue weighted by atomic mass is 15.4. The highest BCUT2D eigenvalue weighted by molar-refractivity contribution is 4.96. The average molecular weight is 222 g/mol. The third kappa shape index (κ3) is 3.04. The van der Waals surface area contributed by atoms with Crippen LogP contribution in [0.15, 0.2) is 6.20 Å². The molecule has 0 amide bonds. The molecule has 0 spiro atoms. The van der Waals surface area contributed by atoms with Gasteiger partial charge in [-0.1, -0.05) is 12.1 Å². The monoisotopic (exact) mass is 222 g/mol. The minimum atomic E-state index is 0.704. The molecule has 1 aliphatic carbocycles. The largest absolute Gasteiger partial charge is 0.314 e. The molecule has 1 aliphatic rings. The van der Waals surface area contributed by atoms with Gasteiger partial charge in [-0.3, -0.25) is 4.68 Å². The van der Waals surface area contributed by atoms with Crippen LogP contribution in [0.25, 0.3) is 0 Å². The Morgan fingerprint density at radius 2 is 2.38 bits per heavy atom. The zero-order chi connectivity index (χ0) is 11.4. The van der Waals surface area contributed by atoms with E-state index in [4.69, 9.17) is 0 Å². The summed E-state index contributed by atoms with van der Waals surface area (Å²) in [5, 5.41) is 11.5. The van der Waals surface area contributed by atoms with Crippen molar-refractivity contribution in [2.24, 2.45) is 13.0 Å².